The molecule has 0 amide bonds. The Morgan fingerprint density at radius 2 is 1.37 bits per heavy atom. The van der Waals surface area contributed by atoms with E-state index in [0.717, 1.165) is 24.7 Å². The van der Waals surface area contributed by atoms with E-state index < -0.39 is 0 Å². The molecule has 0 bridgehead atoms. The summed E-state index contributed by atoms with van der Waals surface area (Å²) >= 11 is 0. The maximum absolute atomic E-state index is 9.34. The molecule has 0 spiro atoms. The molecule has 2 aliphatic heterocycles. The van der Waals surface area contributed by atoms with Crippen LogP contribution in [-0.4, -0.2) is 73.4 Å². The monoisotopic (exact) mass is 267 g/mol. The molecule has 0 aromatic rings. The topological polar surface area (TPSA) is 38.7 Å². The Bertz CT molecular complexity index is 267. The molecular formula is C15H29N3O. The summed E-state index contributed by atoms with van der Waals surface area (Å²) in [6.45, 7) is 9.94. The minimum atomic E-state index is 0.00574. The van der Waals surface area contributed by atoms with Crippen molar-refractivity contribution in [3.05, 3.63) is 0 Å². The van der Waals surface area contributed by atoms with Crippen LogP contribution in [0.2, 0.25) is 0 Å². The smallest absolute Gasteiger partial charge is 0.0546 e. The van der Waals surface area contributed by atoms with Gasteiger partial charge in [-0.15, -0.1) is 0 Å². The van der Waals surface area contributed by atoms with Crippen molar-refractivity contribution in [1.29, 1.82) is 0 Å². The molecule has 110 valence electrons. The molecule has 3 aliphatic rings. The fourth-order valence-corrected chi connectivity index (χ4v) is 3.80. The quantitative estimate of drug-likeness (QED) is 0.772. The molecule has 0 aromatic heterocycles. The molecule has 0 atom stereocenters. The van der Waals surface area contributed by atoms with Crippen molar-refractivity contribution >= 4 is 0 Å². The highest BCUT2D eigenvalue weighted by Gasteiger charge is 2.30. The molecule has 3 rings (SSSR count). The second-order valence-corrected chi connectivity index (χ2v) is 6.79. The van der Waals surface area contributed by atoms with E-state index in [0.29, 0.717) is 0 Å². The second-order valence-electron chi connectivity index (χ2n) is 6.79. The SMILES string of the molecule is O[C@H]1C[C@H](CN2CCN(CC3CCNCC3)CC2)C1. The maximum atomic E-state index is 9.34. The summed E-state index contributed by atoms with van der Waals surface area (Å²) in [6, 6.07) is 0. The predicted molar refractivity (Wildman–Crippen MR) is 77.2 cm³/mol. The first-order valence-corrected chi connectivity index (χ1v) is 8.13. The van der Waals surface area contributed by atoms with Crippen molar-refractivity contribution in [1.82, 2.24) is 15.1 Å². The van der Waals surface area contributed by atoms with E-state index >= 15 is 0 Å². The summed E-state index contributed by atoms with van der Waals surface area (Å²) < 4.78 is 0. The summed E-state index contributed by atoms with van der Waals surface area (Å²) in [4.78, 5) is 5.28. The molecule has 4 nitrogen and oxygen atoms in total. The zero-order valence-corrected chi connectivity index (χ0v) is 12.1. The second kappa shape index (κ2) is 6.53. The van der Waals surface area contributed by atoms with Crippen LogP contribution in [0.3, 0.4) is 0 Å². The van der Waals surface area contributed by atoms with Gasteiger partial charge in [-0.3, -0.25) is 0 Å². The van der Waals surface area contributed by atoms with Crippen LogP contribution in [-0.2, 0) is 0 Å². The minimum Gasteiger partial charge on any atom is -0.393 e. The highest BCUT2D eigenvalue weighted by molar-refractivity contribution is 4.83. The number of hydrogen-bond donors (Lipinski definition) is 2. The van der Waals surface area contributed by atoms with Gasteiger partial charge in [0.05, 0.1) is 6.10 Å². The van der Waals surface area contributed by atoms with Crippen molar-refractivity contribution in [2.24, 2.45) is 11.8 Å². The van der Waals surface area contributed by atoms with Gasteiger partial charge in [-0.2, -0.15) is 0 Å². The first-order chi connectivity index (χ1) is 9.29. The van der Waals surface area contributed by atoms with Gasteiger partial charge >= 0.3 is 0 Å². The summed E-state index contributed by atoms with van der Waals surface area (Å²) in [5.41, 5.74) is 0. The van der Waals surface area contributed by atoms with E-state index in [4.69, 9.17) is 0 Å². The molecule has 0 radical (unpaired) electrons. The number of rotatable bonds is 4. The third-order valence-corrected chi connectivity index (χ3v) is 5.17. The number of nitrogens with zero attached hydrogens (tertiary/aromatic N) is 2. The first-order valence-electron chi connectivity index (χ1n) is 8.13. The summed E-state index contributed by atoms with van der Waals surface area (Å²) in [6.07, 6.45) is 4.80. The van der Waals surface area contributed by atoms with Gasteiger partial charge in [0.25, 0.3) is 0 Å². The van der Waals surface area contributed by atoms with Gasteiger partial charge in [-0.1, -0.05) is 0 Å². The summed E-state index contributed by atoms with van der Waals surface area (Å²) in [7, 11) is 0. The zero-order valence-electron chi connectivity index (χ0n) is 12.1. The van der Waals surface area contributed by atoms with Crippen LogP contribution < -0.4 is 5.32 Å². The minimum absolute atomic E-state index is 0.00574. The van der Waals surface area contributed by atoms with E-state index in [-0.39, 0.29) is 6.10 Å². The van der Waals surface area contributed by atoms with Gasteiger partial charge in [-0.25, -0.2) is 0 Å². The molecule has 1 saturated carbocycles. The van der Waals surface area contributed by atoms with E-state index in [1.165, 1.54) is 65.2 Å². The van der Waals surface area contributed by atoms with E-state index in [1.807, 2.05) is 0 Å². The normalized spacial score (nSPS) is 35.2. The van der Waals surface area contributed by atoms with Crippen LogP contribution in [0, 0.1) is 11.8 Å². The van der Waals surface area contributed by atoms with E-state index in [1.54, 1.807) is 0 Å². The van der Waals surface area contributed by atoms with Crippen LogP contribution in [0.15, 0.2) is 0 Å². The molecule has 1 aliphatic carbocycles. The van der Waals surface area contributed by atoms with Crippen molar-refractivity contribution in [2.75, 3.05) is 52.4 Å². The zero-order chi connectivity index (χ0) is 13.1. The lowest BCUT2D eigenvalue weighted by atomic mass is 9.82. The molecule has 0 aromatic carbocycles. The van der Waals surface area contributed by atoms with Crippen molar-refractivity contribution in [3.8, 4) is 0 Å². The number of hydrogen-bond acceptors (Lipinski definition) is 4. The van der Waals surface area contributed by atoms with Crippen molar-refractivity contribution in [3.63, 3.8) is 0 Å². The van der Waals surface area contributed by atoms with Crippen molar-refractivity contribution in [2.45, 2.75) is 31.8 Å². The number of aliphatic hydroxyl groups is 1. The maximum Gasteiger partial charge on any atom is 0.0546 e. The van der Waals surface area contributed by atoms with Crippen molar-refractivity contribution < 1.29 is 5.11 Å². The lowest BCUT2D eigenvalue weighted by molar-refractivity contribution is 0.0133. The van der Waals surface area contributed by atoms with Gasteiger partial charge in [0.1, 0.15) is 0 Å². The molecule has 0 unspecified atom stereocenters. The Morgan fingerprint density at radius 1 is 0.842 bits per heavy atom. The van der Waals surface area contributed by atoms with Crippen LogP contribution in [0.4, 0.5) is 0 Å². The Morgan fingerprint density at radius 3 is 1.89 bits per heavy atom. The van der Waals surface area contributed by atoms with E-state index in [2.05, 4.69) is 15.1 Å². The Hall–Kier alpha value is -0.160. The highest BCUT2D eigenvalue weighted by atomic mass is 16.3. The lowest BCUT2D eigenvalue weighted by Crippen LogP contribution is -2.50. The third-order valence-electron chi connectivity index (χ3n) is 5.17. The Balaban J connectivity index is 1.32. The summed E-state index contributed by atoms with van der Waals surface area (Å²) in [5.74, 6) is 1.69. The summed E-state index contributed by atoms with van der Waals surface area (Å²) in [5, 5.41) is 12.8. The lowest BCUT2D eigenvalue weighted by Gasteiger charge is -2.41. The number of piperidine rings is 1. The molecular weight excluding hydrogens is 238 g/mol. The molecule has 4 heteroatoms. The fraction of sp³-hybridized carbons (Fsp3) is 1.00. The van der Waals surface area contributed by atoms with Gasteiger partial charge in [-0.05, 0) is 50.6 Å². The van der Waals surface area contributed by atoms with Crippen LogP contribution in [0.5, 0.6) is 0 Å². The largest absolute Gasteiger partial charge is 0.393 e. The van der Waals surface area contributed by atoms with Gasteiger partial charge in [0.15, 0.2) is 0 Å². The highest BCUT2D eigenvalue weighted by Crippen LogP contribution is 2.28. The Kier molecular flexibility index (Phi) is 4.74. The molecule has 3 fully saturated rings. The fourth-order valence-electron chi connectivity index (χ4n) is 3.80. The number of piperazine rings is 1. The average Bonchev–Trinajstić information content (AvgIpc) is 2.40. The number of aliphatic hydroxyl groups excluding tert-OH is 1. The van der Waals surface area contributed by atoms with E-state index in [9.17, 15) is 5.11 Å². The molecule has 2 N–H and O–H groups in total. The first kappa shape index (κ1) is 13.8. The predicted octanol–water partition coefficient (Wildman–Crippen LogP) is 0.375. The Labute approximate surface area is 117 Å². The van der Waals surface area contributed by atoms with Gasteiger partial charge in [0.2, 0.25) is 0 Å². The number of nitrogens with one attached hydrogen (secondary N) is 1. The molecule has 2 saturated heterocycles. The average molecular weight is 267 g/mol. The third kappa shape index (κ3) is 3.91. The molecule has 2 heterocycles. The van der Waals surface area contributed by atoms with Crippen LogP contribution >= 0.6 is 0 Å². The standard InChI is InChI=1S/C15H29N3O/c19-15-9-14(10-15)12-18-7-5-17(6-8-18)11-13-1-3-16-4-2-13/h13-16,19H,1-12H2/t14-,15-. The van der Waals surface area contributed by atoms with Crippen LogP contribution in [0.25, 0.3) is 0 Å². The van der Waals surface area contributed by atoms with Crippen LogP contribution in [0.1, 0.15) is 25.7 Å². The molecule has 19 heavy (non-hydrogen) atoms. The van der Waals surface area contributed by atoms with Gasteiger partial charge < -0.3 is 20.2 Å². The van der Waals surface area contributed by atoms with Gasteiger partial charge in [0, 0.05) is 39.3 Å².